The van der Waals surface area contributed by atoms with Crippen molar-refractivity contribution in [3.05, 3.63) is 95.7 Å². The Balaban J connectivity index is 1.40. The van der Waals surface area contributed by atoms with Crippen LogP contribution in [-0.4, -0.2) is 28.6 Å². The highest BCUT2D eigenvalue weighted by Crippen LogP contribution is 2.36. The summed E-state index contributed by atoms with van der Waals surface area (Å²) in [6.07, 6.45) is 1.61. The summed E-state index contributed by atoms with van der Waals surface area (Å²) in [5.74, 6) is -0.339. The topological polar surface area (TPSA) is 75.7 Å². The van der Waals surface area contributed by atoms with Crippen LogP contribution in [0.3, 0.4) is 0 Å². The Hall–Kier alpha value is -2.49. The Labute approximate surface area is 241 Å². The molecule has 1 saturated heterocycles. The van der Waals surface area contributed by atoms with E-state index in [0.29, 0.717) is 42.1 Å². The molecule has 1 N–H and O–H groups in total. The first-order valence-electron chi connectivity index (χ1n) is 10.8. The Morgan fingerprint density at radius 1 is 1.05 bits per heavy atom. The van der Waals surface area contributed by atoms with E-state index in [1.165, 1.54) is 0 Å². The van der Waals surface area contributed by atoms with Crippen LogP contribution >= 0.6 is 62.5 Å². The Morgan fingerprint density at radius 3 is 2.46 bits per heavy atom. The number of thioether (sulfide) groups is 1. The van der Waals surface area contributed by atoms with Crippen LogP contribution in [-0.2, 0) is 16.1 Å². The van der Waals surface area contributed by atoms with Crippen molar-refractivity contribution in [2.24, 2.45) is 0 Å². The van der Waals surface area contributed by atoms with Gasteiger partial charge in [-0.25, -0.2) is 0 Å². The molecule has 1 heterocycles. The van der Waals surface area contributed by atoms with Crippen LogP contribution in [0.1, 0.15) is 16.7 Å². The number of nitrogens with zero attached hydrogens (tertiary/aromatic N) is 1. The van der Waals surface area contributed by atoms with Gasteiger partial charge < -0.3 is 10.1 Å². The summed E-state index contributed by atoms with van der Waals surface area (Å²) in [6, 6.07) is 15.4. The molecule has 0 unspecified atom stereocenters. The number of carbonyl (C=O) groups is 3. The highest BCUT2D eigenvalue weighted by Gasteiger charge is 2.35. The number of rotatable bonds is 7. The molecule has 3 amide bonds. The Bertz CT molecular complexity index is 1430. The molecule has 1 aliphatic heterocycles. The predicted molar refractivity (Wildman–Crippen MR) is 152 cm³/mol. The maximum atomic E-state index is 12.9. The molecule has 0 saturated carbocycles. The van der Waals surface area contributed by atoms with Gasteiger partial charge >= 0.3 is 0 Å². The van der Waals surface area contributed by atoms with E-state index < -0.39 is 11.1 Å². The molecule has 3 aromatic rings. The van der Waals surface area contributed by atoms with Gasteiger partial charge in [-0.05, 0) is 88.2 Å². The van der Waals surface area contributed by atoms with Crippen molar-refractivity contribution in [2.45, 2.75) is 13.5 Å². The molecule has 11 heteroatoms. The molecule has 6 nitrogen and oxygen atoms in total. The average molecular weight is 641 g/mol. The number of aryl methyl sites for hydroxylation is 1. The maximum absolute atomic E-state index is 12.9. The first-order valence-corrected chi connectivity index (χ1v) is 13.5. The van der Waals surface area contributed by atoms with Crippen LogP contribution in [0.2, 0.25) is 15.1 Å². The third-order valence-corrected chi connectivity index (χ3v) is 7.96. The number of hydrogen-bond acceptors (Lipinski definition) is 5. The summed E-state index contributed by atoms with van der Waals surface area (Å²) in [7, 11) is 0. The quantitative estimate of drug-likeness (QED) is 0.265. The minimum Gasteiger partial charge on any atom is -0.483 e. The van der Waals surface area contributed by atoms with E-state index >= 15 is 0 Å². The number of anilines is 1. The summed E-state index contributed by atoms with van der Waals surface area (Å²) < 4.78 is 6.20. The van der Waals surface area contributed by atoms with Crippen LogP contribution in [0.25, 0.3) is 6.08 Å². The van der Waals surface area contributed by atoms with Gasteiger partial charge in [0.25, 0.3) is 17.1 Å². The second-order valence-electron chi connectivity index (χ2n) is 7.96. The van der Waals surface area contributed by atoms with Crippen molar-refractivity contribution in [3.8, 4) is 5.75 Å². The van der Waals surface area contributed by atoms with Gasteiger partial charge in [0.05, 0.1) is 15.9 Å². The van der Waals surface area contributed by atoms with Gasteiger partial charge in [-0.15, -0.1) is 0 Å². The summed E-state index contributed by atoms with van der Waals surface area (Å²) in [4.78, 5) is 39.1. The largest absolute Gasteiger partial charge is 0.483 e. The Kier molecular flexibility index (Phi) is 8.87. The molecule has 37 heavy (non-hydrogen) atoms. The second kappa shape index (κ2) is 11.9. The molecule has 0 atom stereocenters. The van der Waals surface area contributed by atoms with Crippen LogP contribution in [0.4, 0.5) is 10.5 Å². The first-order chi connectivity index (χ1) is 17.6. The molecule has 3 aromatic carbocycles. The molecule has 1 aliphatic rings. The van der Waals surface area contributed by atoms with Gasteiger partial charge in [-0.3, -0.25) is 19.3 Å². The normalized spacial score (nSPS) is 14.4. The van der Waals surface area contributed by atoms with Crippen molar-refractivity contribution in [2.75, 3.05) is 11.9 Å². The lowest BCUT2D eigenvalue weighted by molar-refractivity contribution is -0.123. The zero-order valence-corrected chi connectivity index (χ0v) is 23.9. The Morgan fingerprint density at radius 2 is 1.78 bits per heavy atom. The minimum atomic E-state index is -0.435. The van der Waals surface area contributed by atoms with E-state index in [1.54, 1.807) is 54.6 Å². The number of nitrogens with one attached hydrogen (secondary N) is 1. The second-order valence-corrected chi connectivity index (χ2v) is 11.0. The van der Waals surface area contributed by atoms with Crippen molar-refractivity contribution in [3.63, 3.8) is 0 Å². The lowest BCUT2D eigenvalue weighted by atomic mass is 10.2. The lowest BCUT2D eigenvalue weighted by Crippen LogP contribution is -2.27. The number of halogens is 4. The van der Waals surface area contributed by atoms with Crippen molar-refractivity contribution < 1.29 is 19.1 Å². The lowest BCUT2D eigenvalue weighted by Gasteiger charge is -2.14. The fourth-order valence-electron chi connectivity index (χ4n) is 3.36. The highest BCUT2D eigenvalue weighted by atomic mass is 79.9. The molecular formula is C26H18BrCl3N2O4S. The van der Waals surface area contributed by atoms with Gasteiger partial charge in [0.2, 0.25) is 0 Å². The van der Waals surface area contributed by atoms with E-state index in [9.17, 15) is 14.4 Å². The number of carbonyl (C=O) groups excluding carboxylic acids is 3. The molecule has 0 spiro atoms. The third kappa shape index (κ3) is 6.69. The third-order valence-electron chi connectivity index (χ3n) is 5.32. The van der Waals surface area contributed by atoms with Crippen molar-refractivity contribution in [1.29, 1.82) is 0 Å². The van der Waals surface area contributed by atoms with Gasteiger partial charge in [0.1, 0.15) is 5.75 Å². The molecule has 0 bridgehead atoms. The van der Waals surface area contributed by atoms with E-state index in [2.05, 4.69) is 21.2 Å². The predicted octanol–water partition coefficient (Wildman–Crippen LogP) is 7.97. The van der Waals surface area contributed by atoms with Crippen molar-refractivity contribution in [1.82, 2.24) is 4.90 Å². The highest BCUT2D eigenvalue weighted by molar-refractivity contribution is 9.10. The number of benzene rings is 3. The van der Waals surface area contributed by atoms with Gasteiger partial charge in [-0.2, -0.15) is 0 Å². The van der Waals surface area contributed by atoms with E-state index in [4.69, 9.17) is 39.5 Å². The zero-order valence-electron chi connectivity index (χ0n) is 19.2. The maximum Gasteiger partial charge on any atom is 0.293 e. The van der Waals surface area contributed by atoms with Crippen molar-refractivity contribution >= 4 is 91.3 Å². The number of amides is 3. The van der Waals surface area contributed by atoms with E-state index in [1.807, 2.05) is 13.0 Å². The molecule has 4 rings (SSSR count). The van der Waals surface area contributed by atoms with Crippen LogP contribution in [0.5, 0.6) is 5.75 Å². The fourth-order valence-corrected chi connectivity index (χ4v) is 5.41. The number of imide groups is 1. The first kappa shape index (κ1) is 27.5. The molecule has 0 aliphatic carbocycles. The fraction of sp³-hybridized carbons (Fsp3) is 0.115. The molecule has 0 aromatic heterocycles. The summed E-state index contributed by atoms with van der Waals surface area (Å²) >= 11 is 22.8. The van der Waals surface area contributed by atoms with Crippen LogP contribution in [0.15, 0.2) is 64.0 Å². The average Bonchev–Trinajstić information content (AvgIpc) is 3.10. The van der Waals surface area contributed by atoms with Gasteiger partial charge in [0.15, 0.2) is 6.61 Å². The molecular weight excluding hydrogens is 623 g/mol. The molecule has 190 valence electrons. The van der Waals surface area contributed by atoms with Crippen LogP contribution in [0, 0.1) is 6.92 Å². The minimum absolute atomic E-state index is 0.0200. The standard InChI is InChI=1S/C26H18BrCl3N2O4S/c1-14-5-7-16(11-21(14)30)31-24(33)13-36-22-8-6-15(9-18(22)27)10-23-25(34)32(26(35)37-23)12-17-19(28)3-2-4-20(17)29/h2-11H,12-13H2,1H3,(H,31,33)/b23-10-. The monoisotopic (exact) mass is 638 g/mol. The summed E-state index contributed by atoms with van der Waals surface area (Å²) in [5.41, 5.74) is 2.66. The summed E-state index contributed by atoms with van der Waals surface area (Å²) in [6.45, 7) is 1.64. The van der Waals surface area contributed by atoms with Gasteiger partial charge in [-0.1, -0.05) is 53.0 Å². The molecule has 0 radical (unpaired) electrons. The van der Waals surface area contributed by atoms with Gasteiger partial charge in [0, 0.05) is 26.3 Å². The number of hydrogen-bond donors (Lipinski definition) is 1. The smallest absolute Gasteiger partial charge is 0.293 e. The van der Waals surface area contributed by atoms with Crippen LogP contribution < -0.4 is 10.1 Å². The van der Waals surface area contributed by atoms with E-state index in [0.717, 1.165) is 22.2 Å². The number of ether oxygens (including phenoxy) is 1. The van der Waals surface area contributed by atoms with E-state index in [-0.39, 0.29) is 24.0 Å². The zero-order chi connectivity index (χ0) is 26.7. The molecule has 1 fully saturated rings. The summed E-state index contributed by atoms with van der Waals surface area (Å²) in [5, 5.41) is 3.64. The SMILES string of the molecule is Cc1ccc(NC(=O)COc2ccc(/C=C3\SC(=O)N(Cc4c(Cl)cccc4Cl)C3=O)cc2Br)cc1Cl.